The molecule has 1 atom stereocenters. The third-order valence-corrected chi connectivity index (χ3v) is 3.79. The number of alkyl halides is 3. The lowest BCUT2D eigenvalue weighted by Crippen LogP contribution is -2.17. The number of halogens is 3. The first-order valence-electron chi connectivity index (χ1n) is 7.96. The van der Waals surface area contributed by atoms with Crippen LogP contribution in [0.2, 0.25) is 0 Å². The largest absolute Gasteiger partial charge is 0.466 e. The molecule has 0 saturated heterocycles. The third kappa shape index (κ3) is 5.32. The zero-order valence-electron chi connectivity index (χ0n) is 13.8. The number of nitrogens with two attached hydrogens (primary N) is 1. The molecule has 0 spiro atoms. The summed E-state index contributed by atoms with van der Waals surface area (Å²) in [5.41, 5.74) is 6.96. The van der Waals surface area contributed by atoms with E-state index in [0.717, 1.165) is 6.07 Å². The summed E-state index contributed by atoms with van der Waals surface area (Å²) < 4.78 is 44.2. The van der Waals surface area contributed by atoms with Gasteiger partial charge in [-0.3, -0.25) is 4.79 Å². The van der Waals surface area contributed by atoms with Crippen LogP contribution in [0.5, 0.6) is 0 Å². The van der Waals surface area contributed by atoms with E-state index in [0.29, 0.717) is 11.1 Å². The molecule has 0 aliphatic carbocycles. The van der Waals surface area contributed by atoms with Gasteiger partial charge < -0.3 is 10.5 Å². The predicted octanol–water partition coefficient (Wildman–Crippen LogP) is 4.25. The van der Waals surface area contributed by atoms with E-state index in [2.05, 4.69) is 0 Å². The molecule has 1 unspecified atom stereocenters. The second-order valence-corrected chi connectivity index (χ2v) is 5.69. The van der Waals surface area contributed by atoms with E-state index in [1.165, 1.54) is 12.1 Å². The quantitative estimate of drug-likeness (QED) is 0.792. The Balaban J connectivity index is 2.19. The van der Waals surface area contributed by atoms with Crippen LogP contribution in [0, 0.1) is 0 Å². The van der Waals surface area contributed by atoms with Crippen molar-refractivity contribution >= 4 is 5.97 Å². The van der Waals surface area contributed by atoms with E-state index in [1.807, 2.05) is 0 Å². The van der Waals surface area contributed by atoms with Crippen molar-refractivity contribution in [1.82, 2.24) is 0 Å². The molecule has 134 valence electrons. The van der Waals surface area contributed by atoms with Gasteiger partial charge in [0.25, 0.3) is 0 Å². The molecule has 3 nitrogen and oxygen atoms in total. The second kappa shape index (κ2) is 8.16. The van der Waals surface area contributed by atoms with Crippen LogP contribution < -0.4 is 5.73 Å². The average molecular weight is 351 g/mol. The molecule has 25 heavy (non-hydrogen) atoms. The molecule has 0 bridgehead atoms. The molecule has 0 aromatic heterocycles. The van der Waals surface area contributed by atoms with Crippen molar-refractivity contribution < 1.29 is 22.7 Å². The van der Waals surface area contributed by atoms with Crippen LogP contribution in [0.15, 0.2) is 48.5 Å². The van der Waals surface area contributed by atoms with Crippen molar-refractivity contribution in [3.63, 3.8) is 0 Å². The highest BCUT2D eigenvalue weighted by Crippen LogP contribution is 2.33. The number of rotatable bonds is 6. The SMILES string of the molecule is CCOC(=O)CC(N)c1cccc(Cc2ccccc2C(F)(F)F)c1. The molecule has 0 saturated carbocycles. The third-order valence-electron chi connectivity index (χ3n) is 3.79. The fourth-order valence-corrected chi connectivity index (χ4v) is 2.62. The first kappa shape index (κ1) is 19.0. The van der Waals surface area contributed by atoms with Gasteiger partial charge in [-0.15, -0.1) is 0 Å². The molecule has 2 aromatic rings. The smallest absolute Gasteiger partial charge is 0.416 e. The molecule has 0 heterocycles. The molecule has 0 aliphatic rings. The molecule has 0 radical (unpaired) electrons. The minimum Gasteiger partial charge on any atom is -0.466 e. The molecule has 2 aromatic carbocycles. The van der Waals surface area contributed by atoms with E-state index >= 15 is 0 Å². The maximum absolute atomic E-state index is 13.1. The maximum atomic E-state index is 13.1. The fraction of sp³-hybridized carbons (Fsp3) is 0.316. The first-order chi connectivity index (χ1) is 11.8. The predicted molar refractivity (Wildman–Crippen MR) is 88.9 cm³/mol. The van der Waals surface area contributed by atoms with Crippen LogP contribution in [0.25, 0.3) is 0 Å². The summed E-state index contributed by atoms with van der Waals surface area (Å²) in [5.74, 6) is -0.400. The van der Waals surface area contributed by atoms with Crippen molar-refractivity contribution in [2.75, 3.05) is 6.61 Å². The summed E-state index contributed by atoms with van der Waals surface area (Å²) in [4.78, 5) is 11.5. The normalized spacial score (nSPS) is 12.7. The van der Waals surface area contributed by atoms with Crippen LogP contribution in [0.1, 0.15) is 41.6 Å². The van der Waals surface area contributed by atoms with Gasteiger partial charge in [0.1, 0.15) is 0 Å². The lowest BCUT2D eigenvalue weighted by Gasteiger charge is -2.15. The molecule has 0 fully saturated rings. The topological polar surface area (TPSA) is 52.3 Å². The minimum atomic E-state index is -4.39. The Kier molecular flexibility index (Phi) is 6.20. The van der Waals surface area contributed by atoms with Crippen molar-refractivity contribution in [3.8, 4) is 0 Å². The minimum absolute atomic E-state index is 0.0242. The molecule has 0 aliphatic heterocycles. The summed E-state index contributed by atoms with van der Waals surface area (Å²) >= 11 is 0. The first-order valence-corrected chi connectivity index (χ1v) is 7.96. The maximum Gasteiger partial charge on any atom is 0.416 e. The van der Waals surface area contributed by atoms with Gasteiger partial charge in [0.05, 0.1) is 18.6 Å². The molecule has 2 rings (SSSR count). The molecule has 2 N–H and O–H groups in total. The average Bonchev–Trinajstić information content (AvgIpc) is 2.55. The van der Waals surface area contributed by atoms with Gasteiger partial charge in [0, 0.05) is 6.04 Å². The zero-order chi connectivity index (χ0) is 18.4. The van der Waals surface area contributed by atoms with E-state index in [9.17, 15) is 18.0 Å². The summed E-state index contributed by atoms with van der Waals surface area (Å²) in [6.07, 6.45) is -4.24. The van der Waals surface area contributed by atoms with Gasteiger partial charge in [-0.05, 0) is 36.1 Å². The summed E-state index contributed by atoms with van der Waals surface area (Å²) in [7, 11) is 0. The molecule has 6 heteroatoms. The Morgan fingerprint density at radius 1 is 1.16 bits per heavy atom. The Bertz CT molecular complexity index is 729. The van der Waals surface area contributed by atoms with Gasteiger partial charge in [0.15, 0.2) is 0 Å². The fourth-order valence-electron chi connectivity index (χ4n) is 2.62. The molecular weight excluding hydrogens is 331 g/mol. The van der Waals surface area contributed by atoms with Crippen molar-refractivity contribution in [1.29, 1.82) is 0 Å². The Morgan fingerprint density at radius 3 is 2.56 bits per heavy atom. The Morgan fingerprint density at radius 2 is 1.88 bits per heavy atom. The van der Waals surface area contributed by atoms with Crippen molar-refractivity contribution in [2.24, 2.45) is 5.73 Å². The monoisotopic (exact) mass is 351 g/mol. The number of benzene rings is 2. The van der Waals surface area contributed by atoms with Crippen LogP contribution in [0.4, 0.5) is 13.2 Å². The van der Waals surface area contributed by atoms with Crippen LogP contribution >= 0.6 is 0 Å². The number of hydrogen-bond acceptors (Lipinski definition) is 3. The van der Waals surface area contributed by atoms with Crippen LogP contribution in [-0.4, -0.2) is 12.6 Å². The van der Waals surface area contributed by atoms with E-state index in [1.54, 1.807) is 37.3 Å². The van der Waals surface area contributed by atoms with Gasteiger partial charge >= 0.3 is 12.1 Å². The number of ether oxygens (including phenoxy) is 1. The lowest BCUT2D eigenvalue weighted by atomic mass is 9.96. The second-order valence-electron chi connectivity index (χ2n) is 5.69. The molecular formula is C19H20F3NO2. The number of hydrogen-bond donors (Lipinski definition) is 1. The van der Waals surface area contributed by atoms with E-state index in [-0.39, 0.29) is 25.0 Å². The molecule has 0 amide bonds. The number of carbonyl (C=O) groups excluding carboxylic acids is 1. The van der Waals surface area contributed by atoms with Crippen LogP contribution in [-0.2, 0) is 22.1 Å². The van der Waals surface area contributed by atoms with Gasteiger partial charge in [0.2, 0.25) is 0 Å². The summed E-state index contributed by atoms with van der Waals surface area (Å²) in [6, 6.07) is 11.9. The lowest BCUT2D eigenvalue weighted by molar-refractivity contribution is -0.143. The van der Waals surface area contributed by atoms with E-state index in [4.69, 9.17) is 10.5 Å². The zero-order valence-corrected chi connectivity index (χ0v) is 13.8. The van der Waals surface area contributed by atoms with Crippen molar-refractivity contribution in [3.05, 3.63) is 70.8 Å². The summed E-state index contributed by atoms with van der Waals surface area (Å²) in [5, 5.41) is 0. The van der Waals surface area contributed by atoms with Crippen LogP contribution in [0.3, 0.4) is 0 Å². The van der Waals surface area contributed by atoms with Gasteiger partial charge in [-0.25, -0.2) is 0 Å². The standard InChI is InChI=1S/C19H20F3NO2/c1-2-25-18(24)12-17(23)15-8-5-6-13(11-15)10-14-7-3-4-9-16(14)19(20,21)22/h3-9,11,17H,2,10,12,23H2,1H3. The Hall–Kier alpha value is -2.34. The number of esters is 1. The highest BCUT2D eigenvalue weighted by Gasteiger charge is 2.32. The highest BCUT2D eigenvalue weighted by atomic mass is 19.4. The van der Waals surface area contributed by atoms with Gasteiger partial charge in [-0.2, -0.15) is 13.2 Å². The Labute approximate surface area is 144 Å². The van der Waals surface area contributed by atoms with Crippen molar-refractivity contribution in [2.45, 2.75) is 32.0 Å². The summed E-state index contributed by atoms with van der Waals surface area (Å²) in [6.45, 7) is 1.99. The van der Waals surface area contributed by atoms with E-state index < -0.39 is 23.8 Å². The highest BCUT2D eigenvalue weighted by molar-refractivity contribution is 5.70. The van der Waals surface area contributed by atoms with Gasteiger partial charge in [-0.1, -0.05) is 42.5 Å². The number of carbonyl (C=O) groups is 1.